The largest absolute Gasteiger partial charge is 0.494 e. The minimum Gasteiger partial charge on any atom is -0.480 e. The van der Waals surface area contributed by atoms with Crippen LogP contribution in [0.1, 0.15) is 27.7 Å². The molecule has 0 radical (unpaired) electrons. The topological polar surface area (TPSA) is 54.0 Å². The van der Waals surface area contributed by atoms with E-state index in [0.717, 1.165) is 5.46 Å². The molecule has 0 amide bonds. The van der Waals surface area contributed by atoms with E-state index in [9.17, 15) is 4.79 Å². The normalized spacial score (nSPS) is 19.1. The highest BCUT2D eigenvalue weighted by Gasteiger charge is 2.51. The van der Waals surface area contributed by atoms with E-state index in [0.29, 0.717) is 10.8 Å². The Morgan fingerprint density at radius 3 is 2.32 bits per heavy atom. The zero-order valence-corrected chi connectivity index (χ0v) is 14.2. The molecule has 22 heavy (non-hydrogen) atoms. The van der Waals surface area contributed by atoms with Crippen molar-refractivity contribution in [3.8, 4) is 5.75 Å². The number of rotatable bonds is 4. The summed E-state index contributed by atoms with van der Waals surface area (Å²) < 4.78 is 21.7. The molecule has 1 aromatic carbocycles. The van der Waals surface area contributed by atoms with Gasteiger partial charge in [0.1, 0.15) is 5.75 Å². The molecule has 1 aromatic rings. The lowest BCUT2D eigenvalue weighted by atomic mass is 9.79. The third-order valence-corrected chi connectivity index (χ3v) is 4.35. The molecule has 0 aliphatic carbocycles. The number of methoxy groups -OCH3 is 1. The zero-order chi connectivity index (χ0) is 16.5. The van der Waals surface area contributed by atoms with Crippen molar-refractivity contribution in [2.75, 3.05) is 13.7 Å². The average molecular weight is 327 g/mol. The van der Waals surface area contributed by atoms with Crippen LogP contribution in [0.5, 0.6) is 5.75 Å². The maximum absolute atomic E-state index is 11.1. The third-order valence-electron chi connectivity index (χ3n) is 4.05. The van der Waals surface area contributed by atoms with Crippen molar-refractivity contribution in [2.45, 2.75) is 38.9 Å². The molecule has 1 fully saturated rings. The quantitative estimate of drug-likeness (QED) is 0.627. The number of hydrogen-bond acceptors (Lipinski definition) is 5. The Hall–Kier alpha value is -1.24. The van der Waals surface area contributed by atoms with E-state index in [2.05, 4.69) is 4.74 Å². The molecule has 2 rings (SSSR count). The summed E-state index contributed by atoms with van der Waals surface area (Å²) in [6.45, 7) is 7.77. The summed E-state index contributed by atoms with van der Waals surface area (Å²) in [6, 6.07) is 5.21. The van der Waals surface area contributed by atoms with Crippen LogP contribution in [-0.2, 0) is 18.8 Å². The average Bonchev–Trinajstić information content (AvgIpc) is 2.65. The number of halogens is 1. The number of carbonyl (C=O) groups excluding carboxylic acids is 1. The molecule has 0 N–H and O–H groups in total. The number of ether oxygens (including phenoxy) is 2. The number of benzene rings is 1. The highest BCUT2D eigenvalue weighted by Crippen LogP contribution is 2.37. The van der Waals surface area contributed by atoms with Gasteiger partial charge in [-0.15, -0.1) is 0 Å². The van der Waals surface area contributed by atoms with Gasteiger partial charge in [0.05, 0.1) is 23.3 Å². The van der Waals surface area contributed by atoms with Gasteiger partial charge in [-0.25, -0.2) is 4.79 Å². The predicted octanol–water partition coefficient (Wildman–Crippen LogP) is 2.19. The van der Waals surface area contributed by atoms with E-state index in [4.69, 9.17) is 25.6 Å². The summed E-state index contributed by atoms with van der Waals surface area (Å²) >= 11 is 6.19. The zero-order valence-electron chi connectivity index (χ0n) is 13.4. The molecule has 120 valence electrons. The third kappa shape index (κ3) is 3.40. The van der Waals surface area contributed by atoms with E-state index >= 15 is 0 Å². The lowest BCUT2D eigenvalue weighted by Gasteiger charge is -2.32. The Balaban J connectivity index is 2.12. The van der Waals surface area contributed by atoms with Crippen LogP contribution in [-0.4, -0.2) is 38.0 Å². The second-order valence-corrected chi connectivity index (χ2v) is 6.55. The molecule has 1 aliphatic heterocycles. The number of esters is 1. The number of hydrogen-bond donors (Lipinski definition) is 0. The smallest absolute Gasteiger partial charge is 0.480 e. The van der Waals surface area contributed by atoms with Crippen molar-refractivity contribution in [3.05, 3.63) is 23.2 Å². The minimum absolute atomic E-state index is 0.188. The summed E-state index contributed by atoms with van der Waals surface area (Å²) in [4.78, 5) is 11.1. The highest BCUT2D eigenvalue weighted by atomic mass is 35.5. The standard InChI is InChI=1S/C15H20BClO5/c1-14(2)15(3,4)22-16(21-14)10-6-7-12(11(17)8-10)20-9-13(18)19-5/h6-8H,9H2,1-5H3. The second-order valence-electron chi connectivity index (χ2n) is 6.14. The molecule has 0 spiro atoms. The van der Waals surface area contributed by atoms with Crippen LogP contribution in [0.3, 0.4) is 0 Å². The van der Waals surface area contributed by atoms with Gasteiger partial charge < -0.3 is 18.8 Å². The van der Waals surface area contributed by atoms with Gasteiger partial charge in [-0.05, 0) is 45.3 Å². The predicted molar refractivity (Wildman–Crippen MR) is 84.7 cm³/mol. The summed E-state index contributed by atoms with van der Waals surface area (Å²) in [5.41, 5.74) is -0.0249. The lowest BCUT2D eigenvalue weighted by Crippen LogP contribution is -2.41. The summed E-state index contributed by atoms with van der Waals surface area (Å²) in [7, 11) is 0.812. The molecular formula is C15H20BClO5. The molecule has 0 bridgehead atoms. The van der Waals surface area contributed by atoms with Crippen LogP contribution in [0.15, 0.2) is 18.2 Å². The van der Waals surface area contributed by atoms with E-state index in [1.54, 1.807) is 18.2 Å². The van der Waals surface area contributed by atoms with Crippen LogP contribution < -0.4 is 10.2 Å². The molecule has 1 saturated heterocycles. The Morgan fingerprint density at radius 1 is 1.23 bits per heavy atom. The molecular weight excluding hydrogens is 306 g/mol. The fourth-order valence-electron chi connectivity index (χ4n) is 1.96. The van der Waals surface area contributed by atoms with Crippen molar-refractivity contribution >= 4 is 30.2 Å². The summed E-state index contributed by atoms with van der Waals surface area (Å²) in [5.74, 6) is -0.0570. The van der Waals surface area contributed by atoms with Gasteiger partial charge in [0.15, 0.2) is 6.61 Å². The Morgan fingerprint density at radius 2 is 1.82 bits per heavy atom. The molecule has 0 unspecified atom stereocenters. The molecule has 5 nitrogen and oxygen atoms in total. The minimum atomic E-state index is -0.489. The first-order valence-electron chi connectivity index (χ1n) is 7.01. The van der Waals surface area contributed by atoms with Gasteiger partial charge in [-0.1, -0.05) is 17.7 Å². The van der Waals surface area contributed by atoms with Crippen LogP contribution in [0.4, 0.5) is 0 Å². The Bertz CT molecular complexity index is 557. The van der Waals surface area contributed by atoms with E-state index in [-0.39, 0.29) is 6.61 Å². The highest BCUT2D eigenvalue weighted by molar-refractivity contribution is 6.62. The van der Waals surface area contributed by atoms with Crippen LogP contribution in [0.25, 0.3) is 0 Å². The Labute approximate surface area is 136 Å². The van der Waals surface area contributed by atoms with Gasteiger partial charge in [-0.3, -0.25) is 0 Å². The van der Waals surface area contributed by atoms with Crippen molar-refractivity contribution in [1.29, 1.82) is 0 Å². The van der Waals surface area contributed by atoms with E-state index < -0.39 is 24.3 Å². The van der Waals surface area contributed by atoms with Gasteiger partial charge in [-0.2, -0.15) is 0 Å². The lowest BCUT2D eigenvalue weighted by molar-refractivity contribution is -0.142. The van der Waals surface area contributed by atoms with E-state index in [1.807, 2.05) is 27.7 Å². The maximum Gasteiger partial charge on any atom is 0.494 e. The first-order valence-corrected chi connectivity index (χ1v) is 7.39. The van der Waals surface area contributed by atoms with Crippen LogP contribution in [0.2, 0.25) is 5.02 Å². The fourth-order valence-corrected chi connectivity index (χ4v) is 2.20. The van der Waals surface area contributed by atoms with Crippen LogP contribution in [0, 0.1) is 0 Å². The second kappa shape index (κ2) is 6.10. The number of carbonyl (C=O) groups is 1. The van der Waals surface area contributed by atoms with Gasteiger partial charge in [0.25, 0.3) is 0 Å². The van der Waals surface area contributed by atoms with Crippen molar-refractivity contribution in [2.24, 2.45) is 0 Å². The fraction of sp³-hybridized carbons (Fsp3) is 0.533. The molecule has 0 atom stereocenters. The molecule has 1 heterocycles. The van der Waals surface area contributed by atoms with Crippen molar-refractivity contribution in [1.82, 2.24) is 0 Å². The van der Waals surface area contributed by atoms with Gasteiger partial charge in [0.2, 0.25) is 0 Å². The molecule has 7 heteroatoms. The monoisotopic (exact) mass is 326 g/mol. The molecule has 0 saturated carbocycles. The first kappa shape index (κ1) is 17.1. The molecule has 0 aromatic heterocycles. The Kier molecular flexibility index (Phi) is 4.75. The SMILES string of the molecule is COC(=O)COc1ccc(B2OC(C)(C)C(C)(C)O2)cc1Cl. The maximum atomic E-state index is 11.1. The first-order chi connectivity index (χ1) is 10.2. The summed E-state index contributed by atoms with van der Waals surface area (Å²) in [6.07, 6.45) is 0. The summed E-state index contributed by atoms with van der Waals surface area (Å²) in [5, 5.41) is 0.385. The van der Waals surface area contributed by atoms with Crippen LogP contribution >= 0.6 is 11.6 Å². The van der Waals surface area contributed by atoms with E-state index in [1.165, 1.54) is 7.11 Å². The van der Waals surface area contributed by atoms with Gasteiger partial charge >= 0.3 is 13.1 Å². The van der Waals surface area contributed by atoms with Crippen molar-refractivity contribution in [3.63, 3.8) is 0 Å². The van der Waals surface area contributed by atoms with Gasteiger partial charge in [0, 0.05) is 0 Å². The van der Waals surface area contributed by atoms with Crippen molar-refractivity contribution < 1.29 is 23.6 Å². The molecule has 1 aliphatic rings.